The Kier molecular flexibility index (Phi) is 4.36. The van der Waals surface area contributed by atoms with E-state index in [2.05, 4.69) is 14.9 Å². The number of carbonyl (C=O) groups is 2. The Balaban J connectivity index is 2.59. The van der Waals surface area contributed by atoms with E-state index >= 15 is 0 Å². The summed E-state index contributed by atoms with van der Waals surface area (Å²) in [6.07, 6.45) is -0.0883. The highest BCUT2D eigenvalue weighted by molar-refractivity contribution is 7.08. The molecule has 0 aliphatic heterocycles. The quantitative estimate of drug-likeness (QED) is 0.800. The molecule has 2 N–H and O–H groups in total. The van der Waals surface area contributed by atoms with Crippen LogP contribution in [0.1, 0.15) is 41.6 Å². The van der Waals surface area contributed by atoms with Gasteiger partial charge in [0.25, 0.3) is 5.91 Å². The molecule has 0 saturated carbocycles. The summed E-state index contributed by atoms with van der Waals surface area (Å²) in [4.78, 5) is 22.4. The van der Waals surface area contributed by atoms with E-state index in [0.717, 1.165) is 11.5 Å². The van der Waals surface area contributed by atoms with Gasteiger partial charge in [-0.1, -0.05) is 18.3 Å². The van der Waals surface area contributed by atoms with Crippen molar-refractivity contribution >= 4 is 23.4 Å². The Bertz CT molecular complexity index is 389. The van der Waals surface area contributed by atoms with Gasteiger partial charge in [0.2, 0.25) is 0 Å². The zero-order chi connectivity index (χ0) is 12.1. The molecular formula is C9H13N3O3S. The van der Waals surface area contributed by atoms with E-state index in [1.807, 2.05) is 13.8 Å². The maximum absolute atomic E-state index is 11.6. The molecule has 0 aromatic carbocycles. The van der Waals surface area contributed by atoms with Crippen LogP contribution >= 0.6 is 11.5 Å². The zero-order valence-corrected chi connectivity index (χ0v) is 9.87. The summed E-state index contributed by atoms with van der Waals surface area (Å²) in [7, 11) is 0. The maximum atomic E-state index is 11.6. The Hall–Kier alpha value is -1.50. The van der Waals surface area contributed by atoms with Crippen LogP contribution in [-0.2, 0) is 4.79 Å². The number of carboxylic acids is 1. The molecule has 88 valence electrons. The van der Waals surface area contributed by atoms with Crippen LogP contribution in [0.15, 0.2) is 0 Å². The van der Waals surface area contributed by atoms with Gasteiger partial charge in [0.15, 0.2) is 0 Å². The predicted octanol–water partition coefficient (Wildman–Crippen LogP) is 0.866. The van der Waals surface area contributed by atoms with Gasteiger partial charge < -0.3 is 10.4 Å². The van der Waals surface area contributed by atoms with Crippen LogP contribution in [0, 0.1) is 0 Å². The largest absolute Gasteiger partial charge is 0.481 e. The number of carboxylic acid groups (broad SMARTS) is 1. The molecule has 0 bridgehead atoms. The van der Waals surface area contributed by atoms with E-state index in [1.165, 1.54) is 0 Å². The highest BCUT2D eigenvalue weighted by atomic mass is 32.1. The summed E-state index contributed by atoms with van der Waals surface area (Å²) in [6, 6.07) is 0. The van der Waals surface area contributed by atoms with Crippen molar-refractivity contribution < 1.29 is 14.7 Å². The summed E-state index contributed by atoms with van der Waals surface area (Å²) < 4.78 is 3.72. The number of amides is 1. The lowest BCUT2D eigenvalue weighted by molar-refractivity contribution is -0.136. The minimum Gasteiger partial charge on any atom is -0.481 e. The lowest BCUT2D eigenvalue weighted by atomic mass is 10.1. The fourth-order valence-electron chi connectivity index (χ4n) is 1.10. The molecule has 16 heavy (non-hydrogen) atoms. The zero-order valence-electron chi connectivity index (χ0n) is 9.06. The van der Waals surface area contributed by atoms with Crippen molar-refractivity contribution in [2.45, 2.75) is 26.2 Å². The molecule has 0 atom stereocenters. The van der Waals surface area contributed by atoms with Gasteiger partial charge in [-0.15, -0.1) is 5.10 Å². The summed E-state index contributed by atoms with van der Waals surface area (Å²) in [6.45, 7) is 3.96. The van der Waals surface area contributed by atoms with Crippen LogP contribution in [-0.4, -0.2) is 33.1 Å². The summed E-state index contributed by atoms with van der Waals surface area (Å²) in [5, 5.41) is 14.8. The van der Waals surface area contributed by atoms with Crippen molar-refractivity contribution in [2.24, 2.45) is 0 Å². The number of hydrogen-bond donors (Lipinski definition) is 2. The summed E-state index contributed by atoms with van der Waals surface area (Å²) >= 11 is 1.02. The number of hydrogen-bond acceptors (Lipinski definition) is 5. The summed E-state index contributed by atoms with van der Waals surface area (Å²) in [5.74, 6) is -1.12. The second-order valence-electron chi connectivity index (χ2n) is 3.54. The summed E-state index contributed by atoms with van der Waals surface area (Å²) in [5.41, 5.74) is 0.651. The Morgan fingerprint density at radius 2 is 2.19 bits per heavy atom. The fraction of sp³-hybridized carbons (Fsp3) is 0.556. The van der Waals surface area contributed by atoms with Crippen LogP contribution < -0.4 is 5.32 Å². The molecule has 1 aromatic rings. The molecule has 0 aliphatic carbocycles. The molecule has 1 heterocycles. The van der Waals surface area contributed by atoms with Crippen LogP contribution in [0.2, 0.25) is 0 Å². The smallest absolute Gasteiger partial charge is 0.305 e. The number of rotatable bonds is 5. The first kappa shape index (κ1) is 12.6. The lowest BCUT2D eigenvalue weighted by Crippen LogP contribution is -2.26. The molecule has 6 nitrogen and oxygen atoms in total. The molecule has 1 aromatic heterocycles. The predicted molar refractivity (Wildman–Crippen MR) is 58.6 cm³/mol. The van der Waals surface area contributed by atoms with E-state index in [-0.39, 0.29) is 24.8 Å². The molecule has 0 spiro atoms. The van der Waals surface area contributed by atoms with Gasteiger partial charge in [0.05, 0.1) is 12.1 Å². The average molecular weight is 243 g/mol. The molecular weight excluding hydrogens is 230 g/mol. The van der Waals surface area contributed by atoms with Gasteiger partial charge in [-0.25, -0.2) is 0 Å². The van der Waals surface area contributed by atoms with Crippen LogP contribution in [0.25, 0.3) is 0 Å². The van der Waals surface area contributed by atoms with E-state index < -0.39 is 5.97 Å². The van der Waals surface area contributed by atoms with Crippen LogP contribution in [0.4, 0.5) is 0 Å². The molecule has 0 fully saturated rings. The van der Waals surface area contributed by atoms with Crippen molar-refractivity contribution in [3.8, 4) is 0 Å². The number of carbonyl (C=O) groups excluding carboxylic acids is 1. The number of nitrogens with one attached hydrogen (secondary N) is 1. The fourth-order valence-corrected chi connectivity index (χ4v) is 1.83. The Morgan fingerprint density at radius 3 is 2.75 bits per heavy atom. The molecule has 0 unspecified atom stereocenters. The van der Waals surface area contributed by atoms with Gasteiger partial charge >= 0.3 is 5.97 Å². The third-order valence-electron chi connectivity index (χ3n) is 1.89. The molecule has 7 heteroatoms. The molecule has 1 amide bonds. The highest BCUT2D eigenvalue weighted by Gasteiger charge is 2.18. The van der Waals surface area contributed by atoms with Crippen LogP contribution in [0.3, 0.4) is 0 Å². The highest BCUT2D eigenvalue weighted by Crippen LogP contribution is 2.19. The van der Waals surface area contributed by atoms with Gasteiger partial charge in [-0.2, -0.15) is 0 Å². The van der Waals surface area contributed by atoms with Crippen LogP contribution in [0.5, 0.6) is 0 Å². The first-order chi connectivity index (χ1) is 7.52. The number of nitrogens with zero attached hydrogens (tertiary/aromatic N) is 2. The topological polar surface area (TPSA) is 92.2 Å². The molecule has 1 rings (SSSR count). The Labute approximate surface area is 96.8 Å². The van der Waals surface area contributed by atoms with Gasteiger partial charge in [-0.05, 0) is 17.5 Å². The minimum absolute atomic E-state index is 0.0883. The van der Waals surface area contributed by atoms with E-state index in [0.29, 0.717) is 10.6 Å². The minimum atomic E-state index is -0.938. The SMILES string of the molecule is CC(C)c1nnsc1C(=O)NCCC(=O)O. The number of aliphatic carboxylic acids is 1. The van der Waals surface area contributed by atoms with Crippen molar-refractivity contribution in [1.29, 1.82) is 0 Å². The molecule has 0 radical (unpaired) electrons. The first-order valence-electron chi connectivity index (χ1n) is 4.84. The first-order valence-corrected chi connectivity index (χ1v) is 5.62. The Morgan fingerprint density at radius 1 is 1.50 bits per heavy atom. The van der Waals surface area contributed by atoms with Crippen molar-refractivity contribution in [3.63, 3.8) is 0 Å². The van der Waals surface area contributed by atoms with Gasteiger partial charge in [-0.3, -0.25) is 9.59 Å². The monoisotopic (exact) mass is 243 g/mol. The molecule has 0 aliphatic rings. The van der Waals surface area contributed by atoms with E-state index in [1.54, 1.807) is 0 Å². The van der Waals surface area contributed by atoms with Gasteiger partial charge in [0, 0.05) is 6.54 Å². The third-order valence-corrected chi connectivity index (χ3v) is 2.63. The van der Waals surface area contributed by atoms with Gasteiger partial charge in [0.1, 0.15) is 4.88 Å². The van der Waals surface area contributed by atoms with Crippen molar-refractivity contribution in [2.75, 3.05) is 6.54 Å². The van der Waals surface area contributed by atoms with E-state index in [4.69, 9.17) is 5.11 Å². The second-order valence-corrected chi connectivity index (χ2v) is 4.30. The lowest BCUT2D eigenvalue weighted by Gasteiger charge is -2.04. The van der Waals surface area contributed by atoms with Crippen molar-refractivity contribution in [1.82, 2.24) is 14.9 Å². The average Bonchev–Trinajstić information content (AvgIpc) is 2.65. The third kappa shape index (κ3) is 3.27. The van der Waals surface area contributed by atoms with Crippen molar-refractivity contribution in [3.05, 3.63) is 10.6 Å². The maximum Gasteiger partial charge on any atom is 0.305 e. The number of aromatic nitrogens is 2. The van der Waals surface area contributed by atoms with E-state index in [9.17, 15) is 9.59 Å². The normalized spacial score (nSPS) is 10.4. The standard InChI is InChI=1S/C9H13N3O3S/c1-5(2)7-8(16-12-11-7)9(15)10-4-3-6(13)14/h5H,3-4H2,1-2H3,(H,10,15)(H,13,14). The molecule has 0 saturated heterocycles. The second kappa shape index (κ2) is 5.55.